The van der Waals surface area contributed by atoms with Gasteiger partial charge in [-0.3, -0.25) is 4.79 Å². The maximum Gasteiger partial charge on any atom is 0.223 e. The number of nitrogens with zero attached hydrogens (tertiary/aromatic N) is 1. The number of carbonyl (C=O) groups is 1. The predicted octanol–water partition coefficient (Wildman–Crippen LogP) is 8.25. The molecule has 0 saturated carbocycles. The molecule has 0 fully saturated rings. The van der Waals surface area contributed by atoms with Crippen LogP contribution in [-0.4, -0.2) is 41.8 Å². The van der Waals surface area contributed by atoms with Gasteiger partial charge in [0.2, 0.25) is 5.91 Å². The van der Waals surface area contributed by atoms with Gasteiger partial charge in [-0.1, -0.05) is 84.0 Å². The highest BCUT2D eigenvalue weighted by molar-refractivity contribution is 5.86. The third kappa shape index (κ3) is 6.87. The summed E-state index contributed by atoms with van der Waals surface area (Å²) in [6, 6.07) is 5.24. The van der Waals surface area contributed by atoms with Gasteiger partial charge in [0.15, 0.2) is 23.0 Å². The van der Waals surface area contributed by atoms with Gasteiger partial charge in [0, 0.05) is 18.5 Å². The van der Waals surface area contributed by atoms with Gasteiger partial charge in [-0.05, 0) is 59.7 Å². The number of phenols is 2. The van der Waals surface area contributed by atoms with Crippen molar-refractivity contribution in [1.29, 1.82) is 0 Å². The second-order valence-corrected chi connectivity index (χ2v) is 11.6. The SMILES string of the molecule is CCCCCCCCCCCCCCCC(=O)N1CCc2cc(OC)c(O)c3c2[C@@H]1Cc1cc(O)c(OC)cc1-3. The van der Waals surface area contributed by atoms with E-state index >= 15 is 0 Å². The van der Waals surface area contributed by atoms with Crippen molar-refractivity contribution in [2.45, 2.75) is 116 Å². The third-order valence-electron chi connectivity index (χ3n) is 8.84. The fraction of sp³-hybridized carbons (Fsp3) is 0.618. The Balaban J connectivity index is 1.32. The molecule has 2 N–H and O–H groups in total. The first-order chi connectivity index (χ1) is 19.5. The maximum absolute atomic E-state index is 13.5. The van der Waals surface area contributed by atoms with Gasteiger partial charge in [0.1, 0.15) is 0 Å². The van der Waals surface area contributed by atoms with Crippen molar-refractivity contribution in [1.82, 2.24) is 4.90 Å². The minimum Gasteiger partial charge on any atom is -0.504 e. The van der Waals surface area contributed by atoms with Gasteiger partial charge >= 0.3 is 0 Å². The van der Waals surface area contributed by atoms with Gasteiger partial charge in [-0.15, -0.1) is 0 Å². The Morgan fingerprint density at radius 3 is 2.02 bits per heavy atom. The summed E-state index contributed by atoms with van der Waals surface area (Å²) in [5.41, 5.74) is 4.52. The predicted molar refractivity (Wildman–Crippen MR) is 160 cm³/mol. The fourth-order valence-corrected chi connectivity index (χ4v) is 6.62. The molecule has 0 aromatic heterocycles. The van der Waals surface area contributed by atoms with Crippen LogP contribution in [0.4, 0.5) is 0 Å². The number of aromatic hydroxyl groups is 2. The summed E-state index contributed by atoms with van der Waals surface area (Å²) in [7, 11) is 3.08. The molecule has 4 rings (SSSR count). The molecule has 6 heteroatoms. The lowest BCUT2D eigenvalue weighted by atomic mass is 9.76. The van der Waals surface area contributed by atoms with Crippen LogP contribution in [0.2, 0.25) is 0 Å². The molecule has 0 unspecified atom stereocenters. The highest BCUT2D eigenvalue weighted by Gasteiger charge is 2.39. The molecular weight excluding hydrogens is 502 g/mol. The second-order valence-electron chi connectivity index (χ2n) is 11.6. The number of unbranched alkanes of at least 4 members (excludes halogenated alkanes) is 12. The third-order valence-corrected chi connectivity index (χ3v) is 8.84. The minimum atomic E-state index is -0.162. The fourth-order valence-electron chi connectivity index (χ4n) is 6.62. The van der Waals surface area contributed by atoms with Crippen LogP contribution in [0.25, 0.3) is 11.1 Å². The number of amides is 1. The first-order valence-electron chi connectivity index (χ1n) is 15.6. The van der Waals surface area contributed by atoms with Gasteiger partial charge in [-0.25, -0.2) is 0 Å². The molecule has 1 aliphatic heterocycles. The van der Waals surface area contributed by atoms with Crippen molar-refractivity contribution in [3.8, 4) is 34.1 Å². The second kappa shape index (κ2) is 14.7. The lowest BCUT2D eigenvalue weighted by Gasteiger charge is -2.42. The average molecular weight is 552 g/mol. The maximum atomic E-state index is 13.5. The van der Waals surface area contributed by atoms with E-state index in [0.29, 0.717) is 36.4 Å². The Morgan fingerprint density at radius 2 is 1.43 bits per heavy atom. The number of hydrogen-bond acceptors (Lipinski definition) is 5. The van der Waals surface area contributed by atoms with E-state index < -0.39 is 0 Å². The lowest BCUT2D eigenvalue weighted by Crippen LogP contribution is -2.42. The highest BCUT2D eigenvalue weighted by Crippen LogP contribution is 2.53. The molecule has 0 bridgehead atoms. The summed E-state index contributed by atoms with van der Waals surface area (Å²) in [5.74, 6) is 1.11. The molecule has 2 aromatic carbocycles. The number of methoxy groups -OCH3 is 2. The molecule has 1 atom stereocenters. The smallest absolute Gasteiger partial charge is 0.223 e. The van der Waals surface area contributed by atoms with Crippen LogP contribution in [0, 0.1) is 0 Å². The molecule has 220 valence electrons. The Kier molecular flexibility index (Phi) is 11.0. The number of carbonyl (C=O) groups excluding carboxylic acids is 1. The molecular formula is C34H49NO5. The summed E-state index contributed by atoms with van der Waals surface area (Å²) in [4.78, 5) is 15.5. The molecule has 1 heterocycles. The van der Waals surface area contributed by atoms with Gasteiger partial charge < -0.3 is 24.6 Å². The van der Waals surface area contributed by atoms with E-state index in [4.69, 9.17) is 9.47 Å². The van der Waals surface area contributed by atoms with Crippen LogP contribution in [-0.2, 0) is 17.6 Å². The van der Waals surface area contributed by atoms with Crippen LogP contribution in [0.15, 0.2) is 18.2 Å². The lowest BCUT2D eigenvalue weighted by molar-refractivity contribution is -0.134. The quantitative estimate of drug-likeness (QED) is 0.205. The molecule has 6 nitrogen and oxygen atoms in total. The Bertz CT molecular complexity index is 1140. The number of ether oxygens (including phenoxy) is 2. The average Bonchev–Trinajstić information content (AvgIpc) is 2.96. The first-order valence-corrected chi connectivity index (χ1v) is 15.6. The summed E-state index contributed by atoms with van der Waals surface area (Å²) in [6.45, 7) is 2.92. The molecule has 1 aliphatic carbocycles. The standard InChI is InChI=1S/C34H49NO5/c1-4-5-6-7-8-9-10-11-12-13-14-15-16-17-31(37)35-19-18-24-22-30(40-3)34(38)33-26-23-29(39-2)28(36)21-25(26)20-27(35)32(24)33/h21-23,27,36,38H,4-20H2,1-3H3/t27-/m0/s1. The Labute approximate surface area is 240 Å². The summed E-state index contributed by atoms with van der Waals surface area (Å²) < 4.78 is 10.9. The summed E-state index contributed by atoms with van der Waals surface area (Å²) in [5, 5.41) is 21.7. The zero-order chi connectivity index (χ0) is 28.5. The number of rotatable bonds is 16. The summed E-state index contributed by atoms with van der Waals surface area (Å²) >= 11 is 0. The molecule has 1 amide bonds. The molecule has 0 spiro atoms. The van der Waals surface area contributed by atoms with Gasteiger partial charge in [-0.2, -0.15) is 0 Å². The van der Waals surface area contributed by atoms with E-state index in [9.17, 15) is 15.0 Å². The van der Waals surface area contributed by atoms with E-state index in [2.05, 4.69) is 6.92 Å². The number of fused-ring (bicyclic) bond motifs is 2. The zero-order valence-electron chi connectivity index (χ0n) is 24.9. The van der Waals surface area contributed by atoms with Crippen LogP contribution >= 0.6 is 0 Å². The number of benzene rings is 2. The van der Waals surface area contributed by atoms with Gasteiger partial charge in [0.25, 0.3) is 0 Å². The van der Waals surface area contributed by atoms with E-state index in [-0.39, 0.29) is 23.4 Å². The van der Waals surface area contributed by atoms with Crippen molar-refractivity contribution in [3.05, 3.63) is 34.9 Å². The number of hydrogen-bond donors (Lipinski definition) is 2. The van der Waals surface area contributed by atoms with Crippen LogP contribution < -0.4 is 9.47 Å². The normalized spacial score (nSPS) is 15.5. The Morgan fingerprint density at radius 1 is 0.825 bits per heavy atom. The zero-order valence-corrected chi connectivity index (χ0v) is 24.9. The highest BCUT2D eigenvalue weighted by atomic mass is 16.5. The van der Waals surface area contributed by atoms with Crippen molar-refractivity contribution in [3.63, 3.8) is 0 Å². The molecule has 40 heavy (non-hydrogen) atoms. The monoisotopic (exact) mass is 551 g/mol. The van der Waals surface area contributed by atoms with E-state index in [1.54, 1.807) is 19.2 Å². The molecule has 0 saturated heterocycles. The van der Waals surface area contributed by atoms with E-state index in [0.717, 1.165) is 41.5 Å². The largest absolute Gasteiger partial charge is 0.504 e. The minimum absolute atomic E-state index is 0.0629. The van der Waals surface area contributed by atoms with E-state index in [1.807, 2.05) is 11.0 Å². The van der Waals surface area contributed by atoms with Crippen LogP contribution in [0.1, 0.15) is 120 Å². The van der Waals surface area contributed by atoms with E-state index in [1.165, 1.54) is 77.7 Å². The Hall–Kier alpha value is -2.89. The van der Waals surface area contributed by atoms with Gasteiger partial charge in [0.05, 0.1) is 20.3 Å². The molecule has 2 aliphatic rings. The molecule has 0 radical (unpaired) electrons. The molecule has 2 aromatic rings. The summed E-state index contributed by atoms with van der Waals surface area (Å²) in [6.07, 6.45) is 18.6. The van der Waals surface area contributed by atoms with Crippen LogP contribution in [0.5, 0.6) is 23.0 Å². The van der Waals surface area contributed by atoms with Crippen molar-refractivity contribution >= 4 is 5.91 Å². The first kappa shape index (κ1) is 30.1. The van der Waals surface area contributed by atoms with Crippen LogP contribution in [0.3, 0.4) is 0 Å². The van der Waals surface area contributed by atoms with Crippen molar-refractivity contribution in [2.24, 2.45) is 0 Å². The topological polar surface area (TPSA) is 79.2 Å². The van der Waals surface area contributed by atoms with Crippen molar-refractivity contribution in [2.75, 3.05) is 20.8 Å². The number of phenolic OH excluding ortho intramolecular Hbond substituents is 2. The van der Waals surface area contributed by atoms with Crippen molar-refractivity contribution < 1.29 is 24.5 Å².